The topological polar surface area (TPSA) is 59.0 Å². The maximum atomic E-state index is 12.9. The van der Waals surface area contributed by atoms with E-state index in [2.05, 4.69) is 21.1 Å². The van der Waals surface area contributed by atoms with Gasteiger partial charge in [-0.3, -0.25) is 9.59 Å². The number of hydrogen-bond acceptors (Lipinski definition) is 4. The summed E-state index contributed by atoms with van der Waals surface area (Å²) >= 11 is 9.26. The Morgan fingerprint density at radius 3 is 2.40 bits per heavy atom. The van der Waals surface area contributed by atoms with Crippen LogP contribution in [0.3, 0.4) is 0 Å². The molecule has 2 aliphatic rings. The van der Waals surface area contributed by atoms with Gasteiger partial charge >= 0.3 is 0 Å². The summed E-state index contributed by atoms with van der Waals surface area (Å²) in [5.41, 5.74) is 0.757. The van der Waals surface area contributed by atoms with Crippen molar-refractivity contribution < 1.29 is 14.4 Å². The summed E-state index contributed by atoms with van der Waals surface area (Å²) in [6, 6.07) is 14.1. The van der Waals surface area contributed by atoms with Gasteiger partial charge in [-0.1, -0.05) is 44.8 Å². The number of amides is 2. The first-order valence-electron chi connectivity index (χ1n) is 7.62. The number of halogens is 2. The van der Waals surface area contributed by atoms with E-state index in [1.807, 2.05) is 24.3 Å². The van der Waals surface area contributed by atoms with Crippen molar-refractivity contribution >= 4 is 50.7 Å². The average molecular weight is 420 g/mol. The molecule has 1 fully saturated rings. The molecule has 0 aromatic heterocycles. The zero-order valence-electron chi connectivity index (χ0n) is 12.9. The molecule has 0 aliphatic carbocycles. The number of nitrogens with zero attached hydrogens (tertiary/aromatic N) is 2. The number of oxime groups is 1. The lowest BCUT2D eigenvalue weighted by atomic mass is 9.93. The van der Waals surface area contributed by atoms with Crippen LogP contribution in [0.2, 0.25) is 5.02 Å². The molecule has 7 heteroatoms. The molecule has 126 valence electrons. The van der Waals surface area contributed by atoms with Gasteiger partial charge in [-0.15, -0.1) is 0 Å². The van der Waals surface area contributed by atoms with Crippen molar-refractivity contribution in [3.05, 3.63) is 63.6 Å². The highest BCUT2D eigenvalue weighted by Crippen LogP contribution is 2.39. The van der Waals surface area contributed by atoms with Gasteiger partial charge in [0.2, 0.25) is 11.5 Å². The molecule has 2 aromatic carbocycles. The molecular formula is C18H12BrClN2O3. The second kappa shape index (κ2) is 5.97. The maximum Gasteiger partial charge on any atom is 0.281 e. The monoisotopic (exact) mass is 418 g/mol. The Bertz CT molecular complexity index is 896. The summed E-state index contributed by atoms with van der Waals surface area (Å²) in [6.45, 7) is 0. The molecule has 4 rings (SSSR count). The number of carbonyl (C=O) groups is 2. The van der Waals surface area contributed by atoms with Gasteiger partial charge in [0.05, 0.1) is 17.8 Å². The molecule has 0 N–H and O–H groups in total. The predicted octanol–water partition coefficient (Wildman–Crippen LogP) is 3.93. The van der Waals surface area contributed by atoms with Gasteiger partial charge in [0.15, 0.2) is 0 Å². The highest BCUT2D eigenvalue weighted by Gasteiger charge is 2.58. The largest absolute Gasteiger partial charge is 0.378 e. The van der Waals surface area contributed by atoms with Crippen molar-refractivity contribution in [1.29, 1.82) is 0 Å². The Kier molecular flexibility index (Phi) is 3.89. The first-order chi connectivity index (χ1) is 12.0. The molecule has 0 unspecified atom stereocenters. The van der Waals surface area contributed by atoms with Crippen molar-refractivity contribution in [3.8, 4) is 0 Å². The van der Waals surface area contributed by atoms with Crippen LogP contribution in [-0.4, -0.2) is 23.1 Å². The molecule has 0 bridgehead atoms. The van der Waals surface area contributed by atoms with Crippen molar-refractivity contribution in [2.24, 2.45) is 5.16 Å². The SMILES string of the molecule is O=C1C[C@@]2(CC(c3ccc(Br)cc3)=NO2)C(=O)N1c1ccc(Cl)cc1. The van der Waals surface area contributed by atoms with Gasteiger partial charge in [0, 0.05) is 15.9 Å². The van der Waals surface area contributed by atoms with Crippen LogP contribution >= 0.6 is 27.5 Å². The van der Waals surface area contributed by atoms with Crippen LogP contribution in [0.25, 0.3) is 0 Å². The molecule has 1 saturated heterocycles. The van der Waals surface area contributed by atoms with Gasteiger partial charge in [0.25, 0.3) is 5.91 Å². The number of rotatable bonds is 2. The molecular weight excluding hydrogens is 408 g/mol. The minimum Gasteiger partial charge on any atom is -0.378 e. The molecule has 1 atom stereocenters. The molecule has 2 aromatic rings. The standard InChI is InChI=1S/C18H12BrClN2O3/c19-12-3-1-11(2-4-12)15-9-18(25-21-15)10-16(23)22(17(18)24)14-7-5-13(20)6-8-14/h1-8H,9-10H2/t18-/m0/s1. The van der Waals surface area contributed by atoms with E-state index in [0.29, 0.717) is 16.4 Å². The zero-order chi connectivity index (χ0) is 17.6. The molecule has 2 amide bonds. The minimum absolute atomic E-state index is 0.0298. The smallest absolute Gasteiger partial charge is 0.281 e. The molecule has 2 heterocycles. The number of hydrogen-bond donors (Lipinski definition) is 0. The van der Waals surface area contributed by atoms with E-state index in [9.17, 15) is 9.59 Å². The third kappa shape index (κ3) is 2.75. The van der Waals surface area contributed by atoms with Gasteiger partial charge in [-0.25, -0.2) is 4.90 Å². The lowest BCUT2D eigenvalue weighted by Crippen LogP contribution is -2.40. The molecule has 2 aliphatic heterocycles. The van der Waals surface area contributed by atoms with Gasteiger partial charge in [-0.05, 0) is 42.0 Å². The fourth-order valence-corrected chi connectivity index (χ4v) is 3.44. The normalized spacial score (nSPS) is 22.5. The van der Waals surface area contributed by atoms with Crippen LogP contribution in [-0.2, 0) is 14.4 Å². The van der Waals surface area contributed by atoms with Crippen molar-refractivity contribution in [3.63, 3.8) is 0 Å². The highest BCUT2D eigenvalue weighted by atomic mass is 79.9. The molecule has 25 heavy (non-hydrogen) atoms. The summed E-state index contributed by atoms with van der Waals surface area (Å²) in [5.74, 6) is -0.699. The quantitative estimate of drug-likeness (QED) is 0.693. The first-order valence-corrected chi connectivity index (χ1v) is 8.80. The highest BCUT2D eigenvalue weighted by molar-refractivity contribution is 9.10. The Balaban J connectivity index is 1.60. The number of carbonyl (C=O) groups excluding carboxylic acids is 2. The third-order valence-corrected chi connectivity index (χ3v) is 5.11. The fraction of sp³-hybridized carbons (Fsp3) is 0.167. The average Bonchev–Trinajstić information content (AvgIpc) is 3.12. The number of anilines is 1. The third-order valence-electron chi connectivity index (χ3n) is 4.32. The molecule has 0 saturated carbocycles. The predicted molar refractivity (Wildman–Crippen MR) is 97.7 cm³/mol. The van der Waals surface area contributed by atoms with Crippen molar-refractivity contribution in [1.82, 2.24) is 0 Å². The van der Waals surface area contributed by atoms with Gasteiger partial charge in [0.1, 0.15) is 0 Å². The Hall–Kier alpha value is -2.18. The second-order valence-corrected chi connectivity index (χ2v) is 7.35. The van der Waals surface area contributed by atoms with Crippen LogP contribution in [0.5, 0.6) is 0 Å². The summed E-state index contributed by atoms with van der Waals surface area (Å²) in [7, 11) is 0. The van der Waals surface area contributed by atoms with Gasteiger partial charge in [-0.2, -0.15) is 0 Å². The van der Waals surface area contributed by atoms with Crippen LogP contribution < -0.4 is 4.90 Å². The van der Waals surface area contributed by atoms with E-state index >= 15 is 0 Å². The van der Waals surface area contributed by atoms with Crippen LogP contribution in [0.15, 0.2) is 58.2 Å². The lowest BCUT2D eigenvalue weighted by Gasteiger charge is -2.19. The molecule has 0 radical (unpaired) electrons. The van der Waals surface area contributed by atoms with Gasteiger partial charge < -0.3 is 4.84 Å². The molecule has 5 nitrogen and oxygen atoms in total. The summed E-state index contributed by atoms with van der Waals surface area (Å²) in [4.78, 5) is 32.0. The summed E-state index contributed by atoms with van der Waals surface area (Å²) in [5, 5.41) is 4.62. The summed E-state index contributed by atoms with van der Waals surface area (Å²) < 4.78 is 0.950. The fourth-order valence-electron chi connectivity index (χ4n) is 3.05. The Morgan fingerprint density at radius 1 is 1.04 bits per heavy atom. The van der Waals surface area contributed by atoms with E-state index in [-0.39, 0.29) is 18.7 Å². The molecule has 1 spiro atoms. The number of imide groups is 1. The van der Waals surface area contributed by atoms with Crippen LogP contribution in [0.4, 0.5) is 5.69 Å². The van der Waals surface area contributed by atoms with E-state index in [4.69, 9.17) is 16.4 Å². The maximum absolute atomic E-state index is 12.9. The number of benzene rings is 2. The van der Waals surface area contributed by atoms with Crippen LogP contribution in [0, 0.1) is 0 Å². The van der Waals surface area contributed by atoms with Crippen molar-refractivity contribution in [2.45, 2.75) is 18.4 Å². The first kappa shape index (κ1) is 16.3. The Morgan fingerprint density at radius 2 is 1.72 bits per heavy atom. The summed E-state index contributed by atoms with van der Waals surface area (Å²) in [6.07, 6.45) is 0.237. The lowest BCUT2D eigenvalue weighted by molar-refractivity contribution is -0.136. The Labute approximate surface area is 157 Å². The van der Waals surface area contributed by atoms with E-state index < -0.39 is 11.5 Å². The van der Waals surface area contributed by atoms with Crippen LogP contribution in [0.1, 0.15) is 18.4 Å². The van der Waals surface area contributed by atoms with E-state index in [0.717, 1.165) is 14.9 Å². The van der Waals surface area contributed by atoms with E-state index in [1.54, 1.807) is 24.3 Å². The van der Waals surface area contributed by atoms with E-state index in [1.165, 1.54) is 0 Å². The minimum atomic E-state index is -1.25. The zero-order valence-corrected chi connectivity index (χ0v) is 15.3. The second-order valence-electron chi connectivity index (χ2n) is 5.99. The van der Waals surface area contributed by atoms with Crippen molar-refractivity contribution in [2.75, 3.05) is 4.90 Å².